The second-order valence-corrected chi connectivity index (χ2v) is 6.76. The molecular weight excluding hydrogens is 372 g/mol. The minimum absolute atomic E-state index is 0.0734. The molecule has 0 radical (unpaired) electrons. The second-order valence-electron chi connectivity index (χ2n) is 6.76. The summed E-state index contributed by atoms with van der Waals surface area (Å²) in [6.07, 6.45) is 3.05. The Bertz CT molecular complexity index is 1290. The maximum Gasteiger partial charge on any atom is 0.228 e. The molecule has 1 aromatic carbocycles. The van der Waals surface area contributed by atoms with Crippen LogP contribution in [0.3, 0.4) is 0 Å². The van der Waals surface area contributed by atoms with E-state index in [1.807, 2.05) is 0 Å². The number of allylic oxidation sites excluding steroid dienone is 2. The van der Waals surface area contributed by atoms with Gasteiger partial charge in [0.2, 0.25) is 5.88 Å². The SMILES string of the molecule is CC(=O)C1=C(C)Oc2ncn3nc(-c4ccccc4O)nc3c2[C@@H]1c1ccco1. The lowest BCUT2D eigenvalue weighted by Crippen LogP contribution is -2.21. The molecule has 0 saturated heterocycles. The lowest BCUT2D eigenvalue weighted by atomic mass is 9.85. The molecule has 0 unspecified atom stereocenters. The van der Waals surface area contributed by atoms with Gasteiger partial charge in [0.25, 0.3) is 0 Å². The van der Waals surface area contributed by atoms with Crippen LogP contribution in [0.2, 0.25) is 0 Å². The van der Waals surface area contributed by atoms with Crippen LogP contribution in [-0.4, -0.2) is 30.5 Å². The molecule has 0 amide bonds. The monoisotopic (exact) mass is 388 g/mol. The average Bonchev–Trinajstić information content (AvgIpc) is 3.36. The number of hydrogen-bond acceptors (Lipinski definition) is 7. The fraction of sp³-hybridized carbons (Fsp3) is 0.143. The predicted molar refractivity (Wildman–Crippen MR) is 102 cm³/mol. The zero-order chi connectivity index (χ0) is 20.1. The molecule has 144 valence electrons. The Morgan fingerprint density at radius 3 is 2.76 bits per heavy atom. The summed E-state index contributed by atoms with van der Waals surface area (Å²) in [6, 6.07) is 10.4. The standard InChI is InChI=1S/C21H16N4O4/c1-11(26)16-12(2)29-21-18(17(16)15-8-5-9-28-15)20-23-19(24-25(20)10-22-21)13-6-3-4-7-14(13)27/h3-10,17,27H,1-2H3/t17-/m1/s1. The largest absolute Gasteiger partial charge is 0.507 e. The van der Waals surface area contributed by atoms with Crippen molar-refractivity contribution in [3.8, 4) is 23.0 Å². The van der Waals surface area contributed by atoms with Gasteiger partial charge in [0.1, 0.15) is 23.6 Å². The van der Waals surface area contributed by atoms with E-state index in [0.717, 1.165) is 0 Å². The number of para-hydroxylation sites is 1. The summed E-state index contributed by atoms with van der Waals surface area (Å²) in [7, 11) is 0. The first-order chi connectivity index (χ1) is 14.0. The number of benzene rings is 1. The number of aromatic hydroxyl groups is 1. The van der Waals surface area contributed by atoms with E-state index >= 15 is 0 Å². The molecule has 5 rings (SSSR count). The summed E-state index contributed by atoms with van der Waals surface area (Å²) in [4.78, 5) is 21.5. The first kappa shape index (κ1) is 17.2. The first-order valence-electron chi connectivity index (χ1n) is 9.01. The molecule has 0 bridgehead atoms. The lowest BCUT2D eigenvalue weighted by Gasteiger charge is -2.26. The van der Waals surface area contributed by atoms with Crippen LogP contribution in [0.1, 0.15) is 31.1 Å². The molecule has 8 heteroatoms. The van der Waals surface area contributed by atoms with Crippen molar-refractivity contribution in [3.05, 3.63) is 71.6 Å². The minimum Gasteiger partial charge on any atom is -0.507 e. The number of phenols is 1. The molecular formula is C21H16N4O4. The summed E-state index contributed by atoms with van der Waals surface area (Å²) in [5.74, 6) is 1.17. The van der Waals surface area contributed by atoms with E-state index in [1.54, 1.807) is 49.6 Å². The molecule has 4 aromatic rings. The van der Waals surface area contributed by atoms with Crippen LogP contribution >= 0.6 is 0 Å². The summed E-state index contributed by atoms with van der Waals surface area (Å²) in [5, 5.41) is 14.6. The van der Waals surface area contributed by atoms with Gasteiger partial charge in [-0.1, -0.05) is 12.1 Å². The van der Waals surface area contributed by atoms with Gasteiger partial charge in [0.05, 0.1) is 23.3 Å². The molecule has 29 heavy (non-hydrogen) atoms. The Hall–Kier alpha value is -3.94. The fourth-order valence-corrected chi connectivity index (χ4v) is 3.71. The van der Waals surface area contributed by atoms with E-state index in [9.17, 15) is 9.90 Å². The molecule has 1 atom stereocenters. The normalized spacial score (nSPS) is 16.0. The predicted octanol–water partition coefficient (Wildman–Crippen LogP) is 3.48. The Kier molecular flexibility index (Phi) is 3.73. The maximum absolute atomic E-state index is 12.5. The molecule has 0 aliphatic carbocycles. The Morgan fingerprint density at radius 1 is 1.21 bits per heavy atom. The Morgan fingerprint density at radius 2 is 2.03 bits per heavy atom. The van der Waals surface area contributed by atoms with Gasteiger partial charge in [-0.3, -0.25) is 4.79 Å². The molecule has 1 aliphatic rings. The van der Waals surface area contributed by atoms with Crippen molar-refractivity contribution in [2.75, 3.05) is 0 Å². The molecule has 0 saturated carbocycles. The van der Waals surface area contributed by atoms with Crippen LogP contribution in [0.25, 0.3) is 17.0 Å². The zero-order valence-electron chi connectivity index (χ0n) is 15.7. The van der Waals surface area contributed by atoms with E-state index in [2.05, 4.69) is 15.1 Å². The summed E-state index contributed by atoms with van der Waals surface area (Å²) < 4.78 is 13.0. The highest BCUT2D eigenvalue weighted by Crippen LogP contribution is 2.44. The number of nitrogens with zero attached hydrogens (tertiary/aromatic N) is 4. The third kappa shape index (κ3) is 2.60. The number of carbonyl (C=O) groups is 1. The Labute approximate surface area is 165 Å². The summed E-state index contributed by atoms with van der Waals surface area (Å²) >= 11 is 0. The van der Waals surface area contributed by atoms with E-state index in [1.165, 1.54) is 17.8 Å². The van der Waals surface area contributed by atoms with Crippen molar-refractivity contribution in [1.29, 1.82) is 0 Å². The number of ketones is 1. The van der Waals surface area contributed by atoms with Crippen LogP contribution in [0.15, 0.2) is 64.7 Å². The second kappa shape index (κ2) is 6.30. The number of fused-ring (bicyclic) bond motifs is 3. The van der Waals surface area contributed by atoms with Gasteiger partial charge in [0.15, 0.2) is 17.3 Å². The number of Topliss-reactive ketones (excluding diaryl/α,β-unsaturated/α-hetero) is 1. The smallest absolute Gasteiger partial charge is 0.228 e. The summed E-state index contributed by atoms with van der Waals surface area (Å²) in [5.41, 5.74) is 2.04. The molecule has 1 N–H and O–H groups in total. The van der Waals surface area contributed by atoms with Gasteiger partial charge in [-0.05, 0) is 38.1 Å². The number of carbonyl (C=O) groups excluding carboxylic acids is 1. The highest BCUT2D eigenvalue weighted by molar-refractivity contribution is 5.97. The quantitative estimate of drug-likeness (QED) is 0.573. The first-order valence-corrected chi connectivity index (χ1v) is 9.01. The van der Waals surface area contributed by atoms with Crippen LogP contribution in [0, 0.1) is 0 Å². The fourth-order valence-electron chi connectivity index (χ4n) is 3.71. The van der Waals surface area contributed by atoms with Crippen molar-refractivity contribution in [3.63, 3.8) is 0 Å². The highest BCUT2D eigenvalue weighted by Gasteiger charge is 2.37. The van der Waals surface area contributed by atoms with E-state index in [0.29, 0.717) is 45.6 Å². The maximum atomic E-state index is 12.5. The highest BCUT2D eigenvalue weighted by atomic mass is 16.5. The number of aromatic nitrogens is 4. The van der Waals surface area contributed by atoms with Crippen LogP contribution < -0.4 is 4.74 Å². The molecule has 8 nitrogen and oxygen atoms in total. The van der Waals surface area contributed by atoms with E-state index in [-0.39, 0.29) is 11.5 Å². The number of phenolic OH excluding ortho intramolecular Hbond substituents is 1. The van der Waals surface area contributed by atoms with Crippen molar-refractivity contribution >= 4 is 11.4 Å². The topological polar surface area (TPSA) is 103 Å². The Balaban J connectivity index is 1.79. The average molecular weight is 388 g/mol. The van der Waals surface area contributed by atoms with Gasteiger partial charge >= 0.3 is 0 Å². The zero-order valence-corrected chi connectivity index (χ0v) is 15.7. The van der Waals surface area contributed by atoms with Gasteiger partial charge in [-0.25, -0.2) is 14.5 Å². The van der Waals surface area contributed by atoms with Gasteiger partial charge in [-0.2, -0.15) is 0 Å². The number of ether oxygens (including phenoxy) is 1. The van der Waals surface area contributed by atoms with Gasteiger partial charge in [-0.15, -0.1) is 5.10 Å². The van der Waals surface area contributed by atoms with Crippen molar-refractivity contribution in [2.45, 2.75) is 19.8 Å². The third-order valence-corrected chi connectivity index (χ3v) is 4.95. The number of rotatable bonds is 3. The van der Waals surface area contributed by atoms with Gasteiger partial charge < -0.3 is 14.3 Å². The van der Waals surface area contributed by atoms with Crippen molar-refractivity contribution in [2.24, 2.45) is 0 Å². The third-order valence-electron chi connectivity index (χ3n) is 4.95. The summed E-state index contributed by atoms with van der Waals surface area (Å²) in [6.45, 7) is 3.23. The molecule has 1 aliphatic heterocycles. The van der Waals surface area contributed by atoms with Crippen LogP contribution in [0.4, 0.5) is 0 Å². The number of furan rings is 1. The minimum atomic E-state index is -0.524. The molecule has 0 spiro atoms. The van der Waals surface area contributed by atoms with E-state index in [4.69, 9.17) is 9.15 Å². The molecule has 4 heterocycles. The van der Waals surface area contributed by atoms with Crippen molar-refractivity contribution < 1.29 is 19.1 Å². The van der Waals surface area contributed by atoms with E-state index < -0.39 is 5.92 Å². The van der Waals surface area contributed by atoms with Crippen LogP contribution in [-0.2, 0) is 4.79 Å². The van der Waals surface area contributed by atoms with Crippen molar-refractivity contribution in [1.82, 2.24) is 19.6 Å². The number of hydrogen-bond donors (Lipinski definition) is 1. The molecule has 3 aromatic heterocycles. The van der Waals surface area contributed by atoms with Gasteiger partial charge in [0, 0.05) is 5.57 Å². The molecule has 0 fully saturated rings. The lowest BCUT2D eigenvalue weighted by molar-refractivity contribution is -0.114. The van der Waals surface area contributed by atoms with Crippen LogP contribution in [0.5, 0.6) is 11.6 Å².